The number of rotatable bonds is 14. The van der Waals surface area contributed by atoms with E-state index in [0.717, 1.165) is 22.6 Å². The van der Waals surface area contributed by atoms with E-state index in [9.17, 15) is 34.1 Å². The predicted molar refractivity (Wildman–Crippen MR) is 165 cm³/mol. The summed E-state index contributed by atoms with van der Waals surface area (Å²) in [6.45, 7) is 8.63. The average Bonchev–Trinajstić information content (AvgIpc) is 3.19. The molecule has 2 aromatic carbocycles. The van der Waals surface area contributed by atoms with E-state index in [-0.39, 0.29) is 48.5 Å². The van der Waals surface area contributed by atoms with E-state index in [1.54, 1.807) is 20.8 Å². The fourth-order valence-electron chi connectivity index (χ4n) is 5.12. The van der Waals surface area contributed by atoms with Crippen molar-refractivity contribution in [2.75, 3.05) is 13.6 Å². The molecule has 2 aromatic rings. The minimum atomic E-state index is -1.13. The van der Waals surface area contributed by atoms with Gasteiger partial charge in [0, 0.05) is 32.1 Å². The molecule has 0 bridgehead atoms. The van der Waals surface area contributed by atoms with Crippen molar-refractivity contribution >= 4 is 35.3 Å². The molecule has 0 saturated carbocycles. The van der Waals surface area contributed by atoms with Gasteiger partial charge in [-0.25, -0.2) is 0 Å². The van der Waals surface area contributed by atoms with E-state index < -0.39 is 58.2 Å². The molecule has 1 aliphatic rings. The average molecular weight is 624 g/mol. The molecule has 0 fully saturated rings. The summed E-state index contributed by atoms with van der Waals surface area (Å²) < 4.78 is 5.62. The predicted octanol–water partition coefficient (Wildman–Crippen LogP) is 2.85. The Morgan fingerprint density at radius 1 is 1.02 bits per heavy atom. The number of fused-ring (bicyclic) bond motifs is 1. The molecule has 0 unspecified atom stereocenters. The van der Waals surface area contributed by atoms with Gasteiger partial charge in [-0.05, 0) is 51.2 Å². The molecule has 1 heterocycles. The third kappa shape index (κ3) is 8.94. The highest BCUT2D eigenvalue weighted by Crippen LogP contribution is 2.27. The summed E-state index contributed by atoms with van der Waals surface area (Å²) in [4.78, 5) is 78.7. The Kier molecular flexibility index (Phi) is 11.2. The number of benzene rings is 2. The Morgan fingerprint density at radius 3 is 2.20 bits per heavy atom. The smallest absolute Gasteiger partial charge is 0.323 e. The maximum Gasteiger partial charge on any atom is 0.323 e. The number of nitrogens with zero attached hydrogens (tertiary/aromatic N) is 3. The molecule has 45 heavy (non-hydrogen) atoms. The number of nitrogens with one attached hydrogen (secondary N) is 1. The van der Waals surface area contributed by atoms with Gasteiger partial charge in [-0.2, -0.15) is 0 Å². The second-order valence-electron chi connectivity index (χ2n) is 12.5. The first-order chi connectivity index (χ1) is 21.0. The number of nitrogens with two attached hydrogens (primary N) is 1. The summed E-state index contributed by atoms with van der Waals surface area (Å²) in [6.07, 6.45) is 0.369. The number of likely N-dealkylation sites (N-methyl/N-ethyl adjacent to an activating group) is 1. The molecule has 3 N–H and O–H groups in total. The Morgan fingerprint density at radius 2 is 1.64 bits per heavy atom. The quantitative estimate of drug-likeness (QED) is 0.138. The number of nitro groups is 1. The molecule has 242 valence electrons. The van der Waals surface area contributed by atoms with Gasteiger partial charge >= 0.3 is 5.97 Å². The van der Waals surface area contributed by atoms with Crippen LogP contribution in [0.1, 0.15) is 73.7 Å². The van der Waals surface area contributed by atoms with E-state index >= 15 is 0 Å². The Labute approximate surface area is 262 Å². The van der Waals surface area contributed by atoms with Crippen LogP contribution in [0.2, 0.25) is 0 Å². The summed E-state index contributed by atoms with van der Waals surface area (Å²) >= 11 is 0. The summed E-state index contributed by atoms with van der Waals surface area (Å²) in [5, 5.41) is 14.3. The summed E-state index contributed by atoms with van der Waals surface area (Å²) in [5.41, 5.74) is 5.25. The van der Waals surface area contributed by atoms with Crippen molar-refractivity contribution in [1.29, 1.82) is 0 Å². The molecule has 3 rings (SSSR count). The lowest BCUT2D eigenvalue weighted by molar-refractivity contribution is -0.384. The zero-order chi connectivity index (χ0) is 33.6. The Hall–Kier alpha value is -4.65. The fraction of sp³-hybridized carbons (Fsp3) is 0.469. The van der Waals surface area contributed by atoms with Crippen molar-refractivity contribution in [3.05, 3.63) is 75.3 Å². The Balaban J connectivity index is 1.86. The number of ether oxygens (including phenoxy) is 1. The lowest BCUT2D eigenvalue weighted by Gasteiger charge is -2.33. The van der Waals surface area contributed by atoms with Gasteiger partial charge in [-0.15, -0.1) is 0 Å². The first kappa shape index (κ1) is 34.8. The lowest BCUT2D eigenvalue weighted by atomic mass is 9.98. The second-order valence-corrected chi connectivity index (χ2v) is 12.5. The van der Waals surface area contributed by atoms with Crippen LogP contribution in [0.4, 0.5) is 5.69 Å². The summed E-state index contributed by atoms with van der Waals surface area (Å²) in [7, 11) is 1.48. The van der Waals surface area contributed by atoms with Gasteiger partial charge < -0.3 is 15.4 Å². The summed E-state index contributed by atoms with van der Waals surface area (Å²) in [6, 6.07) is 9.52. The molecule has 0 saturated heterocycles. The van der Waals surface area contributed by atoms with E-state index in [0.29, 0.717) is 0 Å². The molecule has 0 spiro atoms. The van der Waals surface area contributed by atoms with Crippen molar-refractivity contribution in [3.63, 3.8) is 0 Å². The normalized spacial score (nSPS) is 15.0. The van der Waals surface area contributed by atoms with Crippen molar-refractivity contribution in [3.8, 4) is 0 Å². The van der Waals surface area contributed by atoms with Crippen LogP contribution >= 0.6 is 0 Å². The molecule has 0 aliphatic carbocycles. The number of carbonyl (C=O) groups is 5. The van der Waals surface area contributed by atoms with Crippen LogP contribution in [-0.4, -0.2) is 81.6 Å². The van der Waals surface area contributed by atoms with Crippen LogP contribution < -0.4 is 11.1 Å². The fourth-order valence-corrected chi connectivity index (χ4v) is 5.12. The first-order valence-corrected chi connectivity index (χ1v) is 14.7. The van der Waals surface area contributed by atoms with E-state index in [1.165, 1.54) is 18.0 Å². The van der Waals surface area contributed by atoms with Crippen LogP contribution in [0.15, 0.2) is 48.5 Å². The molecule has 0 aromatic heterocycles. The number of non-ortho nitro benzene ring substituents is 1. The molecule has 3 atom stereocenters. The topological polar surface area (TPSA) is 182 Å². The third-order valence-electron chi connectivity index (χ3n) is 7.32. The second kappa shape index (κ2) is 14.4. The molecule has 1 aliphatic heterocycles. The maximum atomic E-state index is 13.9. The highest BCUT2D eigenvalue weighted by Gasteiger charge is 2.39. The highest BCUT2D eigenvalue weighted by molar-refractivity contribution is 6.21. The standard InChI is InChI=1S/C32H41N5O8/c1-19(2)16-25(30(41)35(6)26(27(33)38)17-20-10-8-7-9-11-20)34-24(31(42)45-32(3,4)5)14-15-36-28(39)22-13-12-21(37(43)44)18-23(22)29(36)40/h7-13,18-19,24-26,34H,14-17H2,1-6H3,(H2,33,38)/t24-,25+,26+/m1/s1. The molecule has 4 amide bonds. The third-order valence-corrected chi connectivity index (χ3v) is 7.32. The maximum absolute atomic E-state index is 13.9. The largest absolute Gasteiger partial charge is 0.459 e. The van der Waals surface area contributed by atoms with Crippen LogP contribution in [-0.2, 0) is 25.5 Å². The number of primary amides is 1. The minimum Gasteiger partial charge on any atom is -0.459 e. The van der Waals surface area contributed by atoms with Crippen molar-refractivity contribution in [2.45, 2.75) is 77.6 Å². The van der Waals surface area contributed by atoms with Crippen molar-refractivity contribution in [1.82, 2.24) is 15.1 Å². The number of amides is 4. The van der Waals surface area contributed by atoms with Gasteiger partial charge in [0.25, 0.3) is 17.5 Å². The van der Waals surface area contributed by atoms with E-state index in [4.69, 9.17) is 10.5 Å². The Bertz CT molecular complexity index is 1450. The van der Waals surface area contributed by atoms with Crippen LogP contribution in [0.25, 0.3) is 0 Å². The van der Waals surface area contributed by atoms with Crippen LogP contribution in [0.3, 0.4) is 0 Å². The van der Waals surface area contributed by atoms with Crippen molar-refractivity contribution < 1.29 is 33.6 Å². The number of hydrogen-bond donors (Lipinski definition) is 2. The van der Waals surface area contributed by atoms with Crippen molar-refractivity contribution in [2.24, 2.45) is 11.7 Å². The van der Waals surface area contributed by atoms with Gasteiger partial charge in [-0.3, -0.25) is 44.3 Å². The molecule has 0 radical (unpaired) electrons. The minimum absolute atomic E-state index is 0.00712. The molecular formula is C32H41N5O8. The number of hydrogen-bond acceptors (Lipinski definition) is 9. The van der Waals surface area contributed by atoms with Gasteiger partial charge in [0.15, 0.2) is 0 Å². The molecular weight excluding hydrogens is 582 g/mol. The highest BCUT2D eigenvalue weighted by atomic mass is 16.6. The number of carbonyl (C=O) groups excluding carboxylic acids is 5. The van der Waals surface area contributed by atoms with Gasteiger partial charge in [0.2, 0.25) is 11.8 Å². The zero-order valence-corrected chi connectivity index (χ0v) is 26.4. The number of imide groups is 1. The van der Waals surface area contributed by atoms with E-state index in [2.05, 4.69) is 5.32 Å². The van der Waals surface area contributed by atoms with Gasteiger partial charge in [0.1, 0.15) is 17.7 Å². The molecule has 13 nitrogen and oxygen atoms in total. The van der Waals surface area contributed by atoms with Crippen LogP contribution in [0.5, 0.6) is 0 Å². The molecule has 13 heteroatoms. The monoisotopic (exact) mass is 623 g/mol. The number of nitro benzene ring substituents is 1. The first-order valence-electron chi connectivity index (χ1n) is 14.7. The van der Waals surface area contributed by atoms with Gasteiger partial charge in [-0.1, -0.05) is 44.2 Å². The number of esters is 1. The SMILES string of the molecule is CC(C)C[C@H](N[C@H](CCN1C(=O)c2ccc([N+](=O)[O-])cc2C1=O)C(=O)OC(C)(C)C)C(=O)N(C)[C@@H](Cc1ccccc1)C(N)=O. The van der Waals surface area contributed by atoms with Crippen LogP contribution in [0, 0.1) is 16.0 Å². The van der Waals surface area contributed by atoms with Gasteiger partial charge in [0.05, 0.1) is 22.1 Å². The zero-order valence-electron chi connectivity index (χ0n) is 26.4. The summed E-state index contributed by atoms with van der Waals surface area (Å²) in [5.74, 6) is -3.23. The lowest BCUT2D eigenvalue weighted by Crippen LogP contribution is -2.57. The van der Waals surface area contributed by atoms with E-state index in [1.807, 2.05) is 44.2 Å².